The molecule has 2 rings (SSSR count). The third-order valence-corrected chi connectivity index (χ3v) is 2.80. The van der Waals surface area contributed by atoms with Gasteiger partial charge in [-0.1, -0.05) is 6.07 Å². The van der Waals surface area contributed by atoms with Crippen LogP contribution in [-0.4, -0.2) is 13.1 Å². The maximum Gasteiger partial charge on any atom is 0.337 e. The van der Waals surface area contributed by atoms with Gasteiger partial charge >= 0.3 is 5.97 Å². The van der Waals surface area contributed by atoms with Crippen LogP contribution in [0, 0.1) is 11.3 Å². The van der Waals surface area contributed by atoms with Gasteiger partial charge in [-0.05, 0) is 36.1 Å². The van der Waals surface area contributed by atoms with Gasteiger partial charge in [0.05, 0.1) is 24.7 Å². The monoisotopic (exact) mass is 201 g/mol. The minimum atomic E-state index is -0.346. The van der Waals surface area contributed by atoms with Crippen LogP contribution in [0.3, 0.4) is 0 Å². The number of hydrogen-bond acceptors (Lipinski definition) is 3. The predicted octanol–water partition coefficient (Wildman–Crippen LogP) is 2.03. The van der Waals surface area contributed by atoms with Gasteiger partial charge in [0.25, 0.3) is 0 Å². The zero-order chi connectivity index (χ0) is 10.8. The molecule has 1 aromatic carbocycles. The highest BCUT2D eigenvalue weighted by atomic mass is 16.5. The number of esters is 1. The number of hydrogen-bond donors (Lipinski definition) is 0. The summed E-state index contributed by atoms with van der Waals surface area (Å²) in [6, 6.07) is 7.70. The summed E-state index contributed by atoms with van der Waals surface area (Å²) in [6.45, 7) is 0. The van der Waals surface area contributed by atoms with Gasteiger partial charge in [0.2, 0.25) is 0 Å². The van der Waals surface area contributed by atoms with Crippen molar-refractivity contribution in [2.75, 3.05) is 7.11 Å². The Kier molecular flexibility index (Phi) is 2.42. The van der Waals surface area contributed by atoms with E-state index in [0.29, 0.717) is 5.56 Å². The normalized spacial score (nSPS) is 18.0. The Bertz CT molecular complexity index is 445. The van der Waals surface area contributed by atoms with Crippen LogP contribution in [0.15, 0.2) is 18.2 Å². The molecule has 0 aromatic heterocycles. The van der Waals surface area contributed by atoms with E-state index in [1.165, 1.54) is 12.7 Å². The lowest BCUT2D eigenvalue weighted by atomic mass is 10.0. The lowest BCUT2D eigenvalue weighted by molar-refractivity contribution is 0.0600. The van der Waals surface area contributed by atoms with Crippen LogP contribution in [0.2, 0.25) is 0 Å². The maximum atomic E-state index is 11.3. The van der Waals surface area contributed by atoms with Crippen molar-refractivity contribution in [2.24, 2.45) is 0 Å². The minimum Gasteiger partial charge on any atom is -0.465 e. The van der Waals surface area contributed by atoms with E-state index in [4.69, 9.17) is 5.26 Å². The number of benzene rings is 1. The molecule has 0 heterocycles. The Labute approximate surface area is 88.3 Å². The lowest BCUT2D eigenvalue weighted by Gasteiger charge is -2.04. The van der Waals surface area contributed by atoms with Crippen LogP contribution >= 0.6 is 0 Å². The molecular formula is C12H11NO2. The first-order valence-corrected chi connectivity index (χ1v) is 4.87. The minimum absolute atomic E-state index is 0.0652. The van der Waals surface area contributed by atoms with Crippen LogP contribution < -0.4 is 0 Å². The average molecular weight is 201 g/mol. The van der Waals surface area contributed by atoms with Crippen LogP contribution in [0.1, 0.15) is 33.8 Å². The molecule has 0 fully saturated rings. The SMILES string of the molecule is COC(=O)c1ccc2c(c1)C(C#N)CC2. The molecule has 1 aliphatic carbocycles. The van der Waals surface area contributed by atoms with Gasteiger partial charge in [-0.15, -0.1) is 0 Å². The fourth-order valence-corrected chi connectivity index (χ4v) is 1.98. The van der Waals surface area contributed by atoms with Crippen molar-refractivity contribution in [1.29, 1.82) is 5.26 Å². The molecule has 0 aliphatic heterocycles. The number of ether oxygens (including phenoxy) is 1. The van der Waals surface area contributed by atoms with E-state index in [-0.39, 0.29) is 11.9 Å². The van der Waals surface area contributed by atoms with Gasteiger partial charge in [-0.2, -0.15) is 5.26 Å². The zero-order valence-electron chi connectivity index (χ0n) is 8.49. The van der Waals surface area contributed by atoms with Crippen LogP contribution in [0.25, 0.3) is 0 Å². The molecule has 0 saturated heterocycles. The quantitative estimate of drug-likeness (QED) is 0.653. The molecule has 1 aromatic rings. The van der Waals surface area contributed by atoms with Gasteiger partial charge in [0.1, 0.15) is 0 Å². The predicted molar refractivity (Wildman–Crippen MR) is 54.5 cm³/mol. The molecule has 15 heavy (non-hydrogen) atoms. The van der Waals surface area contributed by atoms with E-state index in [1.54, 1.807) is 12.1 Å². The number of methoxy groups -OCH3 is 1. The molecule has 0 saturated carbocycles. The van der Waals surface area contributed by atoms with Crippen LogP contribution in [-0.2, 0) is 11.2 Å². The number of carbonyl (C=O) groups excluding carboxylic acids is 1. The number of nitriles is 1. The van der Waals surface area contributed by atoms with E-state index in [2.05, 4.69) is 10.8 Å². The fourth-order valence-electron chi connectivity index (χ4n) is 1.98. The van der Waals surface area contributed by atoms with Gasteiger partial charge < -0.3 is 4.74 Å². The lowest BCUT2D eigenvalue weighted by Crippen LogP contribution is -2.02. The smallest absolute Gasteiger partial charge is 0.337 e. The van der Waals surface area contributed by atoms with Crippen molar-refractivity contribution < 1.29 is 9.53 Å². The fraction of sp³-hybridized carbons (Fsp3) is 0.333. The second kappa shape index (κ2) is 3.74. The zero-order valence-corrected chi connectivity index (χ0v) is 8.49. The molecule has 76 valence electrons. The first-order chi connectivity index (χ1) is 7.26. The van der Waals surface area contributed by atoms with E-state index >= 15 is 0 Å². The highest BCUT2D eigenvalue weighted by Gasteiger charge is 2.23. The summed E-state index contributed by atoms with van der Waals surface area (Å²) in [5.41, 5.74) is 2.69. The number of carbonyl (C=O) groups is 1. The summed E-state index contributed by atoms with van der Waals surface area (Å²) in [7, 11) is 1.36. The Morgan fingerprint density at radius 3 is 3.07 bits per heavy atom. The number of aryl methyl sites for hydroxylation is 1. The number of rotatable bonds is 1. The second-order valence-electron chi connectivity index (χ2n) is 3.63. The average Bonchev–Trinajstić information content (AvgIpc) is 2.69. The third kappa shape index (κ3) is 1.59. The van der Waals surface area contributed by atoms with Gasteiger partial charge in [-0.3, -0.25) is 0 Å². The first-order valence-electron chi connectivity index (χ1n) is 4.87. The summed E-state index contributed by atoms with van der Waals surface area (Å²) in [4.78, 5) is 11.3. The molecule has 3 nitrogen and oxygen atoms in total. The van der Waals surface area contributed by atoms with Crippen molar-refractivity contribution in [2.45, 2.75) is 18.8 Å². The standard InChI is InChI=1S/C12H11NO2/c1-15-12(14)9-4-2-8-3-5-10(7-13)11(8)6-9/h2,4,6,10H,3,5H2,1H3. The molecule has 0 bridgehead atoms. The van der Waals surface area contributed by atoms with Gasteiger partial charge in [0.15, 0.2) is 0 Å². The summed E-state index contributed by atoms with van der Waals surface area (Å²) in [5.74, 6) is -0.411. The molecule has 0 radical (unpaired) electrons. The molecule has 1 aliphatic rings. The van der Waals surface area contributed by atoms with Gasteiger partial charge in [0, 0.05) is 0 Å². The first kappa shape index (κ1) is 9.72. The number of fused-ring (bicyclic) bond motifs is 1. The Hall–Kier alpha value is -1.82. The molecule has 0 amide bonds. The van der Waals surface area contributed by atoms with Crippen molar-refractivity contribution in [3.63, 3.8) is 0 Å². The van der Waals surface area contributed by atoms with Crippen LogP contribution in [0.4, 0.5) is 0 Å². The van der Waals surface area contributed by atoms with E-state index in [0.717, 1.165) is 18.4 Å². The highest BCUT2D eigenvalue weighted by Crippen LogP contribution is 2.33. The van der Waals surface area contributed by atoms with E-state index in [9.17, 15) is 4.79 Å². The van der Waals surface area contributed by atoms with Crippen molar-refractivity contribution in [3.05, 3.63) is 34.9 Å². The molecule has 1 atom stereocenters. The maximum absolute atomic E-state index is 11.3. The van der Waals surface area contributed by atoms with E-state index in [1.807, 2.05) is 6.07 Å². The third-order valence-electron chi connectivity index (χ3n) is 2.80. The summed E-state index contributed by atoms with van der Waals surface area (Å²) in [6.07, 6.45) is 1.78. The van der Waals surface area contributed by atoms with Crippen molar-refractivity contribution >= 4 is 5.97 Å². The largest absolute Gasteiger partial charge is 0.465 e. The van der Waals surface area contributed by atoms with E-state index < -0.39 is 0 Å². The van der Waals surface area contributed by atoms with Crippen molar-refractivity contribution in [3.8, 4) is 6.07 Å². The second-order valence-corrected chi connectivity index (χ2v) is 3.63. The van der Waals surface area contributed by atoms with Gasteiger partial charge in [-0.25, -0.2) is 4.79 Å². The highest BCUT2D eigenvalue weighted by molar-refractivity contribution is 5.89. The molecule has 0 spiro atoms. The topological polar surface area (TPSA) is 50.1 Å². The summed E-state index contributed by atoms with van der Waals surface area (Å²) in [5, 5.41) is 8.93. The molecule has 1 unspecified atom stereocenters. The number of nitrogens with zero attached hydrogens (tertiary/aromatic N) is 1. The summed E-state index contributed by atoms with van der Waals surface area (Å²) >= 11 is 0. The Morgan fingerprint density at radius 1 is 1.60 bits per heavy atom. The van der Waals surface area contributed by atoms with Crippen LogP contribution in [0.5, 0.6) is 0 Å². The Balaban J connectivity index is 2.42. The molecular weight excluding hydrogens is 190 g/mol. The van der Waals surface area contributed by atoms with Crippen molar-refractivity contribution in [1.82, 2.24) is 0 Å². The Morgan fingerprint density at radius 2 is 2.40 bits per heavy atom. The summed E-state index contributed by atoms with van der Waals surface area (Å²) < 4.78 is 4.64. The molecule has 0 N–H and O–H groups in total. The molecule has 3 heteroatoms.